The summed E-state index contributed by atoms with van der Waals surface area (Å²) in [6.45, 7) is 4.07. The molecule has 0 aliphatic rings. The van der Waals surface area contributed by atoms with Gasteiger partial charge in [0.2, 0.25) is 12.4 Å². The molecule has 1 atom stereocenters. The molecular formula is C26H25ClN4O4P+. The van der Waals surface area contributed by atoms with Gasteiger partial charge in [-0.05, 0) is 53.9 Å². The van der Waals surface area contributed by atoms with Crippen molar-refractivity contribution in [2.45, 2.75) is 26.3 Å². The van der Waals surface area contributed by atoms with Gasteiger partial charge in [-0.3, -0.25) is 14.6 Å². The van der Waals surface area contributed by atoms with Crippen LogP contribution < -0.4 is 20.7 Å². The SMILES string of the molecule is COP(=O)(c1cc(C#N)cc(C(C)C)c1)c1c(C(=O)NCc2ccc[n+](O)c2)[nH]c2ccc(Cl)cc12. The quantitative estimate of drug-likeness (QED) is 0.191. The zero-order chi connectivity index (χ0) is 26.0. The number of hydrogen-bond acceptors (Lipinski definition) is 5. The third-order valence-corrected chi connectivity index (χ3v) is 8.63. The van der Waals surface area contributed by atoms with E-state index in [4.69, 9.17) is 16.1 Å². The maximum atomic E-state index is 14.6. The van der Waals surface area contributed by atoms with Gasteiger partial charge in [0, 0.05) is 51.2 Å². The number of H-pyrrole nitrogens is 1. The molecule has 1 unspecified atom stereocenters. The van der Waals surface area contributed by atoms with Crippen LogP contribution >= 0.6 is 19.0 Å². The van der Waals surface area contributed by atoms with E-state index in [1.165, 1.54) is 25.6 Å². The predicted molar refractivity (Wildman–Crippen MR) is 137 cm³/mol. The van der Waals surface area contributed by atoms with Crippen LogP contribution in [-0.2, 0) is 15.6 Å². The number of fused-ring (bicyclic) bond motifs is 1. The van der Waals surface area contributed by atoms with Gasteiger partial charge in [0.15, 0.2) is 0 Å². The van der Waals surface area contributed by atoms with Crippen LogP contribution in [0.3, 0.4) is 0 Å². The van der Waals surface area contributed by atoms with E-state index in [9.17, 15) is 19.8 Å². The third-order valence-electron chi connectivity index (χ3n) is 5.89. The van der Waals surface area contributed by atoms with Crippen molar-refractivity contribution in [3.05, 3.63) is 88.3 Å². The number of aromatic nitrogens is 2. The van der Waals surface area contributed by atoms with Crippen molar-refractivity contribution in [3.8, 4) is 6.07 Å². The largest absolute Gasteiger partial charge is 0.350 e. The highest BCUT2D eigenvalue weighted by Crippen LogP contribution is 2.48. The molecule has 184 valence electrons. The molecule has 2 aromatic heterocycles. The summed E-state index contributed by atoms with van der Waals surface area (Å²) in [5, 5.41) is 23.4. The number of aromatic amines is 1. The fourth-order valence-electron chi connectivity index (χ4n) is 4.03. The van der Waals surface area contributed by atoms with Crippen LogP contribution in [-0.4, -0.2) is 23.2 Å². The number of nitrogens with one attached hydrogen (secondary N) is 2. The first-order chi connectivity index (χ1) is 17.2. The van der Waals surface area contributed by atoms with E-state index in [2.05, 4.69) is 16.4 Å². The topological polar surface area (TPSA) is 119 Å². The number of rotatable bonds is 7. The molecule has 8 nitrogen and oxygen atoms in total. The summed E-state index contributed by atoms with van der Waals surface area (Å²) in [6, 6.07) is 15.6. The highest BCUT2D eigenvalue weighted by molar-refractivity contribution is 7.75. The van der Waals surface area contributed by atoms with E-state index in [1.807, 2.05) is 13.8 Å². The Morgan fingerprint density at radius 1 is 1.28 bits per heavy atom. The Kier molecular flexibility index (Phi) is 7.18. The monoisotopic (exact) mass is 523 g/mol. The summed E-state index contributed by atoms with van der Waals surface area (Å²) < 4.78 is 21.2. The smallest absolute Gasteiger partial charge is 0.268 e. The number of hydrogen-bond donors (Lipinski definition) is 3. The van der Waals surface area contributed by atoms with Gasteiger partial charge in [-0.1, -0.05) is 25.4 Å². The highest BCUT2D eigenvalue weighted by atomic mass is 35.5. The molecule has 0 saturated heterocycles. The zero-order valence-electron chi connectivity index (χ0n) is 19.9. The molecule has 36 heavy (non-hydrogen) atoms. The summed E-state index contributed by atoms with van der Waals surface area (Å²) in [5.41, 5.74) is 2.46. The van der Waals surface area contributed by atoms with Gasteiger partial charge in [-0.15, -0.1) is 0 Å². The second-order valence-electron chi connectivity index (χ2n) is 8.63. The van der Waals surface area contributed by atoms with Gasteiger partial charge in [-0.2, -0.15) is 5.26 Å². The molecule has 2 aromatic carbocycles. The Morgan fingerprint density at radius 3 is 2.72 bits per heavy atom. The number of halogens is 1. The van der Waals surface area contributed by atoms with Crippen molar-refractivity contribution in [2.75, 3.05) is 7.11 Å². The van der Waals surface area contributed by atoms with Crippen LogP contribution in [0, 0.1) is 11.3 Å². The van der Waals surface area contributed by atoms with Crippen LogP contribution in [0.4, 0.5) is 0 Å². The van der Waals surface area contributed by atoms with Gasteiger partial charge >= 0.3 is 0 Å². The van der Waals surface area contributed by atoms with Gasteiger partial charge in [0.1, 0.15) is 5.69 Å². The molecule has 0 bridgehead atoms. The van der Waals surface area contributed by atoms with Crippen molar-refractivity contribution < 1.29 is 23.8 Å². The van der Waals surface area contributed by atoms with Crippen LogP contribution in [0.25, 0.3) is 10.9 Å². The fourth-order valence-corrected chi connectivity index (χ4v) is 6.44. The van der Waals surface area contributed by atoms with E-state index < -0.39 is 13.3 Å². The molecule has 0 saturated carbocycles. The lowest BCUT2D eigenvalue weighted by Crippen LogP contribution is -2.32. The molecule has 1 amide bonds. The first-order valence-electron chi connectivity index (χ1n) is 11.2. The maximum Gasteiger partial charge on any atom is 0.268 e. The minimum Gasteiger partial charge on any atom is -0.350 e. The summed E-state index contributed by atoms with van der Waals surface area (Å²) in [7, 11) is -2.55. The lowest BCUT2D eigenvalue weighted by molar-refractivity contribution is -0.905. The molecule has 0 aliphatic heterocycles. The van der Waals surface area contributed by atoms with Gasteiger partial charge < -0.3 is 14.8 Å². The van der Waals surface area contributed by atoms with E-state index in [0.717, 1.165) is 10.3 Å². The van der Waals surface area contributed by atoms with Crippen molar-refractivity contribution in [1.82, 2.24) is 10.3 Å². The van der Waals surface area contributed by atoms with Crippen molar-refractivity contribution in [1.29, 1.82) is 5.26 Å². The third kappa shape index (κ3) is 4.87. The summed E-state index contributed by atoms with van der Waals surface area (Å²) in [6.07, 6.45) is 2.92. The molecule has 4 aromatic rings. The zero-order valence-corrected chi connectivity index (χ0v) is 21.6. The molecule has 4 rings (SSSR count). The number of benzene rings is 2. The lowest BCUT2D eigenvalue weighted by atomic mass is 10.0. The first-order valence-corrected chi connectivity index (χ1v) is 13.2. The predicted octanol–water partition coefficient (Wildman–Crippen LogP) is 4.15. The molecule has 2 heterocycles. The van der Waals surface area contributed by atoms with Crippen LogP contribution in [0.2, 0.25) is 5.02 Å². The number of nitrogens with zero attached hydrogens (tertiary/aromatic N) is 2. The number of carbonyl (C=O) groups excluding carboxylic acids is 1. The summed E-state index contributed by atoms with van der Waals surface area (Å²) in [4.78, 5) is 16.5. The second-order valence-corrected chi connectivity index (χ2v) is 11.5. The number of carbonyl (C=O) groups is 1. The highest BCUT2D eigenvalue weighted by Gasteiger charge is 2.36. The van der Waals surface area contributed by atoms with Crippen molar-refractivity contribution in [3.63, 3.8) is 0 Å². The average molecular weight is 524 g/mol. The standard InChI is InChI=1S/C26H24ClN4O4P/c1-16(2)19-9-18(13-28)10-21(11-19)36(34,35-3)25-22-12-20(27)6-7-23(22)30-24(25)26(32)29-14-17-5-4-8-31(33)15-17/h4-12,15-16H,14H2,1-3H3,(H2-,29,30,32,33,34)/p+1. The second kappa shape index (κ2) is 10.2. The van der Waals surface area contributed by atoms with E-state index in [-0.39, 0.29) is 23.5 Å². The molecule has 10 heteroatoms. The molecule has 0 spiro atoms. The minimum atomic E-state index is -3.87. The maximum absolute atomic E-state index is 14.6. The molecule has 0 fully saturated rings. The van der Waals surface area contributed by atoms with E-state index in [0.29, 0.717) is 32.4 Å². The molecular weight excluding hydrogens is 499 g/mol. The lowest BCUT2D eigenvalue weighted by Gasteiger charge is -2.20. The Labute approximate surface area is 213 Å². The van der Waals surface area contributed by atoms with Crippen LogP contribution in [0.1, 0.15) is 46.9 Å². The van der Waals surface area contributed by atoms with E-state index in [1.54, 1.807) is 42.5 Å². The van der Waals surface area contributed by atoms with Crippen molar-refractivity contribution in [2.24, 2.45) is 0 Å². The van der Waals surface area contributed by atoms with Gasteiger partial charge in [0.25, 0.3) is 13.3 Å². The Balaban J connectivity index is 1.89. The van der Waals surface area contributed by atoms with Gasteiger partial charge in [-0.25, -0.2) is 0 Å². The first kappa shape index (κ1) is 25.5. The number of nitriles is 1. The molecule has 0 radical (unpaired) electrons. The number of pyridine rings is 1. The Morgan fingerprint density at radius 2 is 2.06 bits per heavy atom. The minimum absolute atomic E-state index is 0.0683. The summed E-state index contributed by atoms with van der Waals surface area (Å²) in [5.74, 6) is -0.439. The van der Waals surface area contributed by atoms with Crippen LogP contribution in [0.15, 0.2) is 60.9 Å². The fraction of sp³-hybridized carbons (Fsp3) is 0.192. The Hall–Kier alpha value is -3.63. The van der Waals surface area contributed by atoms with Crippen molar-refractivity contribution >= 4 is 46.4 Å². The Bertz CT molecular complexity index is 1560. The molecule has 0 aliphatic carbocycles. The summed E-state index contributed by atoms with van der Waals surface area (Å²) >= 11 is 6.28. The van der Waals surface area contributed by atoms with Gasteiger partial charge in [0.05, 0.1) is 16.9 Å². The normalized spacial score (nSPS) is 12.9. The van der Waals surface area contributed by atoms with E-state index >= 15 is 0 Å². The molecule has 3 N–H and O–H groups in total. The van der Waals surface area contributed by atoms with Crippen LogP contribution in [0.5, 0.6) is 0 Å². The average Bonchev–Trinajstić information content (AvgIpc) is 3.25. The number of amides is 1.